The lowest BCUT2D eigenvalue weighted by atomic mass is 9.93. The molecule has 0 radical (unpaired) electrons. The molecule has 2 N–H and O–H groups in total. The summed E-state index contributed by atoms with van der Waals surface area (Å²) in [5, 5.41) is 0. The molecule has 1 fully saturated rings. The summed E-state index contributed by atoms with van der Waals surface area (Å²) in [6.07, 6.45) is 3.60. The first-order chi connectivity index (χ1) is 9.52. The topological polar surface area (TPSA) is 46.3 Å². The summed E-state index contributed by atoms with van der Waals surface area (Å²) in [6.45, 7) is 2.74. The summed E-state index contributed by atoms with van der Waals surface area (Å²) in [6, 6.07) is 5.00. The molecule has 1 amide bonds. The van der Waals surface area contributed by atoms with Gasteiger partial charge in [0, 0.05) is 24.0 Å². The van der Waals surface area contributed by atoms with Crippen LogP contribution in [0.2, 0.25) is 0 Å². The van der Waals surface area contributed by atoms with Gasteiger partial charge >= 0.3 is 0 Å². The highest BCUT2D eigenvalue weighted by atomic mass is 79.9. The van der Waals surface area contributed by atoms with Crippen LogP contribution in [0.4, 0.5) is 4.39 Å². The molecule has 1 atom stereocenters. The van der Waals surface area contributed by atoms with Crippen molar-refractivity contribution >= 4 is 21.8 Å². The van der Waals surface area contributed by atoms with Gasteiger partial charge in [-0.05, 0) is 55.5 Å². The van der Waals surface area contributed by atoms with Crippen LogP contribution in [0.25, 0.3) is 0 Å². The van der Waals surface area contributed by atoms with Gasteiger partial charge in [-0.25, -0.2) is 4.39 Å². The quantitative estimate of drug-likeness (QED) is 0.893. The van der Waals surface area contributed by atoms with Crippen molar-refractivity contribution in [3.8, 4) is 0 Å². The van der Waals surface area contributed by atoms with Crippen molar-refractivity contribution in [3.05, 3.63) is 34.1 Å². The van der Waals surface area contributed by atoms with E-state index in [1.54, 1.807) is 6.07 Å². The van der Waals surface area contributed by atoms with Crippen molar-refractivity contribution in [1.29, 1.82) is 0 Å². The van der Waals surface area contributed by atoms with Crippen LogP contribution in [0.1, 0.15) is 31.2 Å². The molecule has 1 aliphatic heterocycles. The van der Waals surface area contributed by atoms with Gasteiger partial charge in [-0.1, -0.05) is 15.9 Å². The molecular weight excluding hydrogens is 323 g/mol. The normalized spacial score (nSPS) is 20.0. The van der Waals surface area contributed by atoms with E-state index < -0.39 is 0 Å². The number of carbonyl (C=O) groups is 1. The van der Waals surface area contributed by atoms with E-state index in [9.17, 15) is 9.18 Å². The van der Waals surface area contributed by atoms with Crippen LogP contribution in [0, 0.1) is 11.7 Å². The third-order valence-electron chi connectivity index (χ3n) is 3.73. The number of carbonyl (C=O) groups excluding carboxylic acids is 1. The predicted octanol–water partition coefficient (Wildman–Crippen LogP) is 3.07. The molecule has 2 rings (SSSR count). The Labute approximate surface area is 127 Å². The minimum absolute atomic E-state index is 0.211. The molecule has 20 heavy (non-hydrogen) atoms. The third kappa shape index (κ3) is 4.87. The number of hydrogen-bond donors (Lipinski definition) is 1. The second-order valence-electron chi connectivity index (χ2n) is 5.53. The van der Waals surface area contributed by atoms with Gasteiger partial charge in [0.2, 0.25) is 5.91 Å². The molecule has 110 valence electrons. The maximum atomic E-state index is 13.4. The summed E-state index contributed by atoms with van der Waals surface area (Å²) >= 11 is 3.32. The largest absolute Gasteiger partial charge is 0.370 e. The molecule has 0 aromatic heterocycles. The van der Waals surface area contributed by atoms with E-state index in [1.807, 2.05) is 6.07 Å². The highest BCUT2D eigenvalue weighted by Gasteiger charge is 2.20. The number of piperidine rings is 1. The Balaban J connectivity index is 1.90. The number of hydrogen-bond acceptors (Lipinski definition) is 2. The third-order valence-corrected chi connectivity index (χ3v) is 4.19. The molecular formula is C15H20BrFN2O. The smallest absolute Gasteiger partial charge is 0.217 e. The number of benzene rings is 1. The van der Waals surface area contributed by atoms with Crippen LogP contribution in [0.15, 0.2) is 22.7 Å². The van der Waals surface area contributed by atoms with Crippen molar-refractivity contribution < 1.29 is 9.18 Å². The van der Waals surface area contributed by atoms with Crippen LogP contribution < -0.4 is 5.73 Å². The van der Waals surface area contributed by atoms with E-state index in [0.717, 1.165) is 48.9 Å². The molecule has 1 saturated heterocycles. The lowest BCUT2D eigenvalue weighted by Gasteiger charge is -2.32. The zero-order chi connectivity index (χ0) is 14.5. The van der Waals surface area contributed by atoms with Crippen LogP contribution in [0.5, 0.6) is 0 Å². The van der Waals surface area contributed by atoms with Gasteiger partial charge in [0.15, 0.2) is 0 Å². The van der Waals surface area contributed by atoms with Gasteiger partial charge in [-0.3, -0.25) is 9.69 Å². The van der Waals surface area contributed by atoms with E-state index in [0.29, 0.717) is 12.3 Å². The molecule has 5 heteroatoms. The molecule has 0 bridgehead atoms. The average molecular weight is 343 g/mol. The summed E-state index contributed by atoms with van der Waals surface area (Å²) < 4.78 is 14.1. The van der Waals surface area contributed by atoms with Crippen molar-refractivity contribution in [2.24, 2.45) is 11.7 Å². The van der Waals surface area contributed by atoms with Crippen LogP contribution in [0.3, 0.4) is 0 Å². The zero-order valence-corrected chi connectivity index (χ0v) is 13.0. The fraction of sp³-hybridized carbons (Fsp3) is 0.533. The molecule has 1 aromatic rings. The van der Waals surface area contributed by atoms with Gasteiger partial charge in [0.1, 0.15) is 5.82 Å². The van der Waals surface area contributed by atoms with Gasteiger partial charge in [0.05, 0.1) is 0 Å². The van der Waals surface area contributed by atoms with Crippen LogP contribution >= 0.6 is 15.9 Å². The Bertz CT molecular complexity index is 461. The molecule has 1 unspecified atom stereocenters. The fourth-order valence-electron chi connectivity index (χ4n) is 2.84. The molecule has 1 aromatic carbocycles. The van der Waals surface area contributed by atoms with Gasteiger partial charge in [0.25, 0.3) is 0 Å². The Morgan fingerprint density at radius 3 is 2.95 bits per heavy atom. The van der Waals surface area contributed by atoms with E-state index in [4.69, 9.17) is 5.73 Å². The first kappa shape index (κ1) is 15.4. The van der Waals surface area contributed by atoms with Crippen LogP contribution in [-0.2, 0) is 11.3 Å². The van der Waals surface area contributed by atoms with E-state index in [1.165, 1.54) is 6.07 Å². The molecule has 3 nitrogen and oxygen atoms in total. The first-order valence-corrected chi connectivity index (χ1v) is 7.78. The number of amides is 1. The Morgan fingerprint density at radius 2 is 2.25 bits per heavy atom. The SMILES string of the molecule is NC(=O)CCC1CCCN(Cc2cc(F)cc(Br)c2)C1. The number of nitrogens with zero attached hydrogens (tertiary/aromatic N) is 1. The minimum atomic E-state index is -0.226. The predicted molar refractivity (Wildman–Crippen MR) is 80.5 cm³/mol. The van der Waals surface area contributed by atoms with Gasteiger partial charge in [-0.2, -0.15) is 0 Å². The fourth-order valence-corrected chi connectivity index (χ4v) is 3.35. The Morgan fingerprint density at radius 1 is 1.45 bits per heavy atom. The van der Waals surface area contributed by atoms with Crippen molar-refractivity contribution in [2.75, 3.05) is 13.1 Å². The average Bonchev–Trinajstić information content (AvgIpc) is 2.35. The Kier molecular flexibility index (Phi) is 5.54. The number of primary amides is 1. The highest BCUT2D eigenvalue weighted by molar-refractivity contribution is 9.10. The highest BCUT2D eigenvalue weighted by Crippen LogP contribution is 2.23. The monoisotopic (exact) mass is 342 g/mol. The van der Waals surface area contributed by atoms with E-state index in [-0.39, 0.29) is 11.7 Å². The van der Waals surface area contributed by atoms with Crippen molar-refractivity contribution in [3.63, 3.8) is 0 Å². The van der Waals surface area contributed by atoms with Gasteiger partial charge < -0.3 is 5.73 Å². The zero-order valence-electron chi connectivity index (χ0n) is 11.4. The number of rotatable bonds is 5. The second kappa shape index (κ2) is 7.18. The standard InChI is InChI=1S/C15H20BrFN2O/c16-13-6-12(7-14(17)8-13)10-19-5-1-2-11(9-19)3-4-15(18)20/h6-8,11H,1-5,9-10H2,(H2,18,20). The minimum Gasteiger partial charge on any atom is -0.370 e. The number of nitrogens with two attached hydrogens (primary N) is 1. The van der Waals surface area contributed by atoms with Gasteiger partial charge in [-0.15, -0.1) is 0 Å². The first-order valence-electron chi connectivity index (χ1n) is 6.98. The maximum Gasteiger partial charge on any atom is 0.217 e. The van der Waals surface area contributed by atoms with Crippen molar-refractivity contribution in [1.82, 2.24) is 4.90 Å². The molecule has 0 aliphatic carbocycles. The van der Waals surface area contributed by atoms with E-state index >= 15 is 0 Å². The number of halogens is 2. The summed E-state index contributed by atoms with van der Waals surface area (Å²) in [5.74, 6) is 0.0843. The molecule has 1 heterocycles. The second-order valence-corrected chi connectivity index (χ2v) is 6.44. The lowest BCUT2D eigenvalue weighted by Crippen LogP contribution is -2.35. The van der Waals surface area contributed by atoms with E-state index in [2.05, 4.69) is 20.8 Å². The maximum absolute atomic E-state index is 13.4. The van der Waals surface area contributed by atoms with Crippen molar-refractivity contribution in [2.45, 2.75) is 32.2 Å². The number of likely N-dealkylation sites (tertiary alicyclic amines) is 1. The summed E-state index contributed by atoms with van der Waals surface area (Å²) in [7, 11) is 0. The summed E-state index contributed by atoms with van der Waals surface area (Å²) in [5.41, 5.74) is 6.18. The van der Waals surface area contributed by atoms with Crippen LogP contribution in [-0.4, -0.2) is 23.9 Å². The lowest BCUT2D eigenvalue weighted by molar-refractivity contribution is -0.118. The summed E-state index contributed by atoms with van der Waals surface area (Å²) in [4.78, 5) is 13.2. The molecule has 0 saturated carbocycles. The molecule has 0 spiro atoms. The molecule has 1 aliphatic rings. The Hall–Kier alpha value is -0.940.